The molecule has 0 aliphatic heterocycles. The van der Waals surface area contributed by atoms with Crippen LogP contribution in [-0.4, -0.2) is 125 Å². The van der Waals surface area contributed by atoms with Gasteiger partial charge in [0.1, 0.15) is 23.0 Å². The van der Waals surface area contributed by atoms with E-state index in [0.717, 1.165) is 0 Å². The smallest absolute Gasteiger partial charge is 0.429 e. The third-order valence-corrected chi connectivity index (χ3v) is 10.8. The van der Waals surface area contributed by atoms with Gasteiger partial charge in [0.25, 0.3) is 10.1 Å². The van der Waals surface area contributed by atoms with Crippen molar-refractivity contribution in [1.82, 2.24) is 0 Å². The van der Waals surface area contributed by atoms with Crippen molar-refractivity contribution in [3.05, 3.63) is 121 Å². The Hall–Kier alpha value is -4.96. The molecule has 0 bridgehead atoms. The summed E-state index contributed by atoms with van der Waals surface area (Å²) >= 11 is 0. The lowest BCUT2D eigenvalue weighted by atomic mass is 9.85. The minimum atomic E-state index is -5.69. The Morgan fingerprint density at radius 1 is 0.477 bits per heavy atom. The van der Waals surface area contributed by atoms with E-state index >= 15 is 0 Å². The molecule has 0 heterocycles. The second-order valence-corrected chi connectivity index (χ2v) is 16.0. The zero-order valence-electron chi connectivity index (χ0n) is 35.0. The zero-order valence-corrected chi connectivity index (χ0v) is 35.8. The number of ether oxygens (including phenoxy) is 4. The van der Waals surface area contributed by atoms with Gasteiger partial charge in [-0.15, -0.1) is 0 Å². The van der Waals surface area contributed by atoms with E-state index < -0.39 is 73.8 Å². The summed E-state index contributed by atoms with van der Waals surface area (Å²) in [5, 5.41) is 0. The predicted octanol–water partition coefficient (Wildman–Crippen LogP) is 2.73. The van der Waals surface area contributed by atoms with Crippen LogP contribution in [0, 0.1) is 0 Å². The summed E-state index contributed by atoms with van der Waals surface area (Å²) in [5.74, 6) is -9.47. The molecule has 1 N–H and O–H groups in total. The average Bonchev–Trinajstić information content (AvgIpc) is 3.27. The minimum Gasteiger partial charge on any atom is -0.445 e. The fraction of sp³-hybridized carbons (Fsp3) is 0.317. The van der Waals surface area contributed by atoms with Crippen molar-refractivity contribution in [2.24, 2.45) is 0 Å². The lowest BCUT2D eigenvalue weighted by Gasteiger charge is -2.30. The Morgan fingerprint density at radius 2 is 0.723 bits per heavy atom. The van der Waals surface area contributed by atoms with Crippen LogP contribution in [0.3, 0.4) is 0 Å². The standard InChI is InChI=1S/C41H32B9F3O11S/c1-40(41(51,52)53,19-65(58,59)60)64-39(57)32-9-30(37(55)62-34-25(15-47)4-21(11-43)5-26(34)16-48)29(36(54)61-33-23(13-45)2-20(10-42)3-24(33)14-46)8-31(32)38(56)63-35-27(17-49)6-22(12-44)7-28(35)18-50/h2-9H,10-19H2,1H3,(H,58,59,60). The number of hydrogen-bond donors (Lipinski definition) is 1. The van der Waals surface area contributed by atoms with Crippen LogP contribution in [0.2, 0.25) is 0 Å². The first kappa shape index (κ1) is 52.7. The van der Waals surface area contributed by atoms with E-state index in [4.69, 9.17) is 89.6 Å². The zero-order chi connectivity index (χ0) is 48.6. The number of halogens is 3. The van der Waals surface area contributed by atoms with Gasteiger partial charge in [0.15, 0.2) is 0 Å². The molecule has 1 atom stereocenters. The van der Waals surface area contributed by atoms with Gasteiger partial charge in [-0.1, -0.05) is 110 Å². The molecule has 0 spiro atoms. The van der Waals surface area contributed by atoms with Crippen LogP contribution < -0.4 is 14.2 Å². The third-order valence-electron chi connectivity index (χ3n) is 9.93. The van der Waals surface area contributed by atoms with E-state index in [1.54, 1.807) is 0 Å². The van der Waals surface area contributed by atoms with Crippen molar-refractivity contribution in [3.63, 3.8) is 0 Å². The van der Waals surface area contributed by atoms with Crippen molar-refractivity contribution in [2.45, 2.75) is 75.6 Å². The van der Waals surface area contributed by atoms with Gasteiger partial charge in [-0.05, 0) is 52.4 Å². The summed E-state index contributed by atoms with van der Waals surface area (Å²) in [4.78, 5) is 57.4. The monoisotopic (exact) mass is 888 g/mol. The van der Waals surface area contributed by atoms with Gasteiger partial charge < -0.3 is 18.9 Å². The van der Waals surface area contributed by atoms with E-state index in [0.29, 0.717) is 28.8 Å². The maximum absolute atomic E-state index is 14.5. The van der Waals surface area contributed by atoms with Crippen molar-refractivity contribution in [2.75, 3.05) is 5.75 Å². The molecule has 1 unspecified atom stereocenters. The predicted molar refractivity (Wildman–Crippen MR) is 242 cm³/mol. The Kier molecular flexibility index (Phi) is 17.8. The Balaban J connectivity index is 2.11. The molecule has 0 fully saturated rings. The molecule has 0 saturated heterocycles. The molecule has 0 aliphatic rings. The second-order valence-electron chi connectivity index (χ2n) is 14.5. The van der Waals surface area contributed by atoms with Gasteiger partial charge in [-0.25, -0.2) is 19.2 Å². The molecule has 4 aromatic carbocycles. The Bertz CT molecular complexity index is 2520. The number of benzene rings is 4. The van der Waals surface area contributed by atoms with E-state index in [-0.39, 0.29) is 114 Å². The van der Waals surface area contributed by atoms with Crippen molar-refractivity contribution in [3.8, 4) is 17.2 Å². The molecule has 0 aromatic heterocycles. The van der Waals surface area contributed by atoms with Gasteiger partial charge in [0.2, 0.25) is 5.60 Å². The minimum absolute atomic E-state index is 0.00180. The van der Waals surface area contributed by atoms with E-state index in [1.807, 2.05) is 0 Å². The molecule has 316 valence electrons. The second kappa shape index (κ2) is 22.0. The molecule has 0 aliphatic carbocycles. The number of hydrogen-bond acceptors (Lipinski definition) is 10. The maximum Gasteiger partial charge on any atom is 0.429 e. The summed E-state index contributed by atoms with van der Waals surface area (Å²) in [6.45, 7) is 0.130. The van der Waals surface area contributed by atoms with Gasteiger partial charge >= 0.3 is 30.1 Å². The molecular weight excluding hydrogens is 855 g/mol. The largest absolute Gasteiger partial charge is 0.445 e. The summed E-state index contributed by atoms with van der Waals surface area (Å²) < 4.78 is 98.6. The van der Waals surface area contributed by atoms with E-state index in [9.17, 15) is 45.3 Å². The molecule has 65 heavy (non-hydrogen) atoms. The lowest BCUT2D eigenvalue weighted by Crippen LogP contribution is -2.51. The molecule has 11 nitrogen and oxygen atoms in total. The first-order valence-electron chi connectivity index (χ1n) is 19.4. The number of carbonyl (C=O) groups is 4. The number of rotatable bonds is 19. The van der Waals surface area contributed by atoms with Gasteiger partial charge in [-0.3, -0.25) is 4.55 Å². The Labute approximate surface area is 386 Å². The highest BCUT2D eigenvalue weighted by Gasteiger charge is 2.57. The normalized spacial score (nSPS) is 12.5. The average molecular weight is 887 g/mol. The van der Waals surface area contributed by atoms with Crippen LogP contribution in [0.1, 0.15) is 98.4 Å². The van der Waals surface area contributed by atoms with Gasteiger partial charge in [-0.2, -0.15) is 21.6 Å². The van der Waals surface area contributed by atoms with Crippen molar-refractivity contribution < 1.29 is 64.3 Å². The summed E-state index contributed by atoms with van der Waals surface area (Å²) in [6, 6.07) is 9.98. The molecule has 0 amide bonds. The highest BCUT2D eigenvalue weighted by atomic mass is 32.2. The van der Waals surface area contributed by atoms with Crippen molar-refractivity contribution in [1.29, 1.82) is 0 Å². The fourth-order valence-corrected chi connectivity index (χ4v) is 7.55. The molecule has 24 heteroatoms. The lowest BCUT2D eigenvalue weighted by molar-refractivity contribution is -0.243. The van der Waals surface area contributed by atoms with Gasteiger partial charge in [0, 0.05) is 0 Å². The SMILES string of the molecule is [B]Cc1cc(C[B])c(OC(=O)c2cc(C(=O)Oc3c(C[B])cc(C[B])cc3C[B])c(C(=O)OC(C)(CS(=O)(=O)O)C(F)(F)F)cc2C(=O)Oc2c(C[B])cc(C[B])cc2C[B])c(C[B])c1. The molecular formula is C41H32B9F3O11S. The quantitative estimate of drug-likeness (QED) is 0.0639. The van der Waals surface area contributed by atoms with Gasteiger partial charge in [0.05, 0.1) is 92.9 Å². The van der Waals surface area contributed by atoms with E-state index in [2.05, 4.69) is 0 Å². The number of esters is 4. The molecule has 18 radical (unpaired) electrons. The molecule has 4 rings (SSSR count). The summed E-state index contributed by atoms with van der Waals surface area (Å²) in [5.41, 5.74) is -5.36. The number of carbonyl (C=O) groups excluding carboxylic acids is 4. The van der Waals surface area contributed by atoms with Crippen molar-refractivity contribution >= 4 is 105 Å². The van der Waals surface area contributed by atoms with Crippen LogP contribution in [-0.2, 0) is 71.7 Å². The molecule has 0 saturated carbocycles. The highest BCUT2D eigenvalue weighted by Crippen LogP contribution is 2.37. The maximum atomic E-state index is 14.5. The van der Waals surface area contributed by atoms with Crippen LogP contribution >= 0.6 is 0 Å². The van der Waals surface area contributed by atoms with Crippen LogP contribution in [0.4, 0.5) is 13.2 Å². The van der Waals surface area contributed by atoms with Crippen LogP contribution in [0.15, 0.2) is 48.5 Å². The Morgan fingerprint density at radius 3 is 0.923 bits per heavy atom. The summed E-state index contributed by atoms with van der Waals surface area (Å²) in [6.07, 6.45) is -7.19. The molecule has 4 aromatic rings. The topological polar surface area (TPSA) is 160 Å². The first-order chi connectivity index (χ1) is 30.5. The first-order valence-corrected chi connectivity index (χ1v) is 21.0. The number of alkyl halides is 3. The highest BCUT2D eigenvalue weighted by molar-refractivity contribution is 7.85. The van der Waals surface area contributed by atoms with Crippen LogP contribution in [0.5, 0.6) is 17.2 Å². The fourth-order valence-electron chi connectivity index (χ4n) is 6.63. The van der Waals surface area contributed by atoms with E-state index in [1.165, 1.54) is 36.4 Å². The summed E-state index contributed by atoms with van der Waals surface area (Å²) in [7, 11) is 47.7. The van der Waals surface area contributed by atoms with Crippen LogP contribution in [0.25, 0.3) is 0 Å². The third kappa shape index (κ3) is 12.3.